The standard InChI is InChI=1S/2C13H28NO.C5H9NO4/c2*1-3-4-5-6-7-8-9-14(2)10-12-15-13-11-14;6-3(5(9)10)1-2-4(7)8/h2*3-13H2,1-2H3;3H,1-2,6H2,(H,7,8)(H,9,10)/q2*+1;/t;;3-/m..0/s1. The molecule has 0 radical (unpaired) electrons. The molecular weight excluding hydrogens is 510 g/mol. The smallest absolute Gasteiger partial charge is 0.320 e. The van der Waals surface area contributed by atoms with Gasteiger partial charge in [-0.15, -0.1) is 0 Å². The quantitative estimate of drug-likeness (QED) is 0.157. The molecule has 2 heterocycles. The zero-order valence-electron chi connectivity index (χ0n) is 26.5. The Morgan fingerprint density at radius 2 is 1.02 bits per heavy atom. The predicted molar refractivity (Wildman–Crippen MR) is 162 cm³/mol. The van der Waals surface area contributed by atoms with E-state index in [4.69, 9.17) is 25.4 Å². The van der Waals surface area contributed by atoms with Crippen LogP contribution in [-0.2, 0) is 19.1 Å². The van der Waals surface area contributed by atoms with Crippen molar-refractivity contribution in [2.75, 3.05) is 79.8 Å². The van der Waals surface area contributed by atoms with E-state index in [-0.39, 0.29) is 12.8 Å². The maximum atomic E-state index is 9.99. The molecule has 1 atom stereocenters. The Morgan fingerprint density at radius 3 is 1.35 bits per heavy atom. The van der Waals surface area contributed by atoms with Crippen molar-refractivity contribution in [1.29, 1.82) is 0 Å². The van der Waals surface area contributed by atoms with Gasteiger partial charge in [0.05, 0.1) is 53.6 Å². The number of likely N-dealkylation sites (N-methyl/N-ethyl adjacent to an activating group) is 2. The van der Waals surface area contributed by atoms with Crippen LogP contribution in [0.2, 0.25) is 0 Å². The number of carbonyl (C=O) groups is 2. The summed E-state index contributed by atoms with van der Waals surface area (Å²) < 4.78 is 13.3. The fraction of sp³-hybridized carbons (Fsp3) is 0.935. The van der Waals surface area contributed by atoms with E-state index in [1.807, 2.05) is 0 Å². The van der Waals surface area contributed by atoms with Gasteiger partial charge < -0.3 is 34.4 Å². The number of carboxylic acids is 2. The topological polar surface area (TPSA) is 119 Å². The van der Waals surface area contributed by atoms with Gasteiger partial charge >= 0.3 is 11.9 Å². The summed E-state index contributed by atoms with van der Waals surface area (Å²) in [6.07, 6.45) is 16.7. The van der Waals surface area contributed by atoms with E-state index < -0.39 is 18.0 Å². The Balaban J connectivity index is 0.000000585. The zero-order chi connectivity index (χ0) is 30.1. The second-order valence-electron chi connectivity index (χ2n) is 12.2. The number of nitrogens with two attached hydrogens (primary N) is 1. The second-order valence-corrected chi connectivity index (χ2v) is 12.2. The van der Waals surface area contributed by atoms with E-state index in [9.17, 15) is 9.59 Å². The molecule has 0 aromatic rings. The van der Waals surface area contributed by atoms with Crippen LogP contribution in [0.3, 0.4) is 0 Å². The maximum absolute atomic E-state index is 9.99. The van der Waals surface area contributed by atoms with Crippen molar-refractivity contribution >= 4 is 11.9 Å². The fourth-order valence-electron chi connectivity index (χ4n) is 4.96. The van der Waals surface area contributed by atoms with Crippen LogP contribution in [0.1, 0.15) is 104 Å². The SMILES string of the molecule is CCCCCCCC[N+]1(C)CCOCC1.CCCCCCCC[N+]1(C)CCOCC1.N[C@@H](CCC(=O)O)C(=O)O. The first kappa shape index (κ1) is 38.7. The van der Waals surface area contributed by atoms with Gasteiger partial charge in [0.25, 0.3) is 0 Å². The van der Waals surface area contributed by atoms with Gasteiger partial charge in [-0.05, 0) is 32.1 Å². The van der Waals surface area contributed by atoms with Crippen LogP contribution in [0.5, 0.6) is 0 Å². The molecule has 9 heteroatoms. The van der Waals surface area contributed by atoms with Crippen molar-refractivity contribution in [3.8, 4) is 0 Å². The lowest BCUT2D eigenvalue weighted by atomic mass is 10.1. The predicted octanol–water partition coefficient (Wildman–Crippen LogP) is 4.91. The summed E-state index contributed by atoms with van der Waals surface area (Å²) >= 11 is 0. The maximum Gasteiger partial charge on any atom is 0.320 e. The second kappa shape index (κ2) is 24.3. The van der Waals surface area contributed by atoms with E-state index in [2.05, 4.69) is 27.9 Å². The van der Waals surface area contributed by atoms with Gasteiger partial charge in [0.2, 0.25) is 0 Å². The molecule has 0 aromatic carbocycles. The molecule has 4 N–H and O–H groups in total. The van der Waals surface area contributed by atoms with Gasteiger partial charge in [-0.1, -0.05) is 65.2 Å². The highest BCUT2D eigenvalue weighted by Gasteiger charge is 2.25. The van der Waals surface area contributed by atoms with Crippen LogP contribution in [-0.4, -0.2) is 117 Å². The molecule has 2 aliphatic heterocycles. The molecule has 2 fully saturated rings. The van der Waals surface area contributed by atoms with Crippen LogP contribution in [0.25, 0.3) is 0 Å². The molecule has 238 valence electrons. The molecule has 0 amide bonds. The Morgan fingerprint density at radius 1 is 0.675 bits per heavy atom. The van der Waals surface area contributed by atoms with E-state index in [0.717, 1.165) is 26.4 Å². The summed E-state index contributed by atoms with van der Waals surface area (Å²) in [5.74, 6) is -2.20. The highest BCUT2D eigenvalue weighted by Crippen LogP contribution is 2.13. The van der Waals surface area contributed by atoms with Crippen LogP contribution < -0.4 is 5.73 Å². The normalized spacial score (nSPS) is 18.4. The van der Waals surface area contributed by atoms with Crippen molar-refractivity contribution in [1.82, 2.24) is 0 Å². The van der Waals surface area contributed by atoms with Crippen LogP contribution >= 0.6 is 0 Å². The summed E-state index contributed by atoms with van der Waals surface area (Å²) in [6.45, 7) is 16.0. The molecule has 2 rings (SSSR count). The van der Waals surface area contributed by atoms with Crippen molar-refractivity contribution < 1.29 is 38.2 Å². The Kier molecular flexibility index (Phi) is 23.6. The summed E-state index contributed by atoms with van der Waals surface area (Å²) in [6, 6.07) is -1.06. The van der Waals surface area contributed by atoms with E-state index >= 15 is 0 Å². The molecule has 0 bridgehead atoms. The van der Waals surface area contributed by atoms with Crippen LogP contribution in [0, 0.1) is 0 Å². The van der Waals surface area contributed by atoms with Gasteiger partial charge in [-0.3, -0.25) is 9.59 Å². The molecule has 0 aliphatic carbocycles. The van der Waals surface area contributed by atoms with Gasteiger partial charge in [-0.25, -0.2) is 0 Å². The number of unbranched alkanes of at least 4 members (excludes halogenated alkanes) is 10. The van der Waals surface area contributed by atoms with Crippen LogP contribution in [0.15, 0.2) is 0 Å². The number of morpholine rings is 2. The zero-order valence-corrected chi connectivity index (χ0v) is 26.5. The van der Waals surface area contributed by atoms with Gasteiger partial charge in [0.1, 0.15) is 32.2 Å². The van der Waals surface area contributed by atoms with Crippen molar-refractivity contribution in [3.05, 3.63) is 0 Å². The minimum absolute atomic E-state index is 0.0231. The first-order valence-electron chi connectivity index (χ1n) is 16.1. The summed E-state index contributed by atoms with van der Waals surface area (Å²) in [5, 5.41) is 16.3. The Labute approximate surface area is 245 Å². The molecule has 0 saturated carbocycles. The summed E-state index contributed by atoms with van der Waals surface area (Å²) in [7, 11) is 4.77. The van der Waals surface area contributed by atoms with Gasteiger partial charge in [0.15, 0.2) is 0 Å². The first-order valence-corrected chi connectivity index (χ1v) is 16.1. The molecule has 0 spiro atoms. The van der Waals surface area contributed by atoms with Crippen molar-refractivity contribution in [2.45, 2.75) is 110 Å². The molecule has 40 heavy (non-hydrogen) atoms. The third-order valence-corrected chi connectivity index (χ3v) is 8.19. The molecule has 2 aliphatic rings. The van der Waals surface area contributed by atoms with E-state index in [0.29, 0.717) is 0 Å². The minimum atomic E-state index is -1.17. The number of rotatable bonds is 18. The largest absolute Gasteiger partial charge is 0.481 e. The number of ether oxygens (including phenoxy) is 2. The lowest BCUT2D eigenvalue weighted by molar-refractivity contribution is -0.917. The van der Waals surface area contributed by atoms with Crippen LogP contribution in [0.4, 0.5) is 0 Å². The molecule has 2 saturated heterocycles. The minimum Gasteiger partial charge on any atom is -0.481 e. The monoisotopic (exact) mass is 575 g/mol. The van der Waals surface area contributed by atoms with E-state index in [1.54, 1.807) is 0 Å². The molecule has 9 nitrogen and oxygen atoms in total. The first-order chi connectivity index (χ1) is 19.1. The molecular formula is C31H65N3O6+2. The van der Waals surface area contributed by atoms with Crippen molar-refractivity contribution in [3.63, 3.8) is 0 Å². The molecule has 0 unspecified atom stereocenters. The molecule has 0 aromatic heterocycles. The Bertz CT molecular complexity index is 586. The highest BCUT2D eigenvalue weighted by atomic mass is 16.5. The van der Waals surface area contributed by atoms with Gasteiger partial charge in [-0.2, -0.15) is 0 Å². The van der Waals surface area contributed by atoms with E-state index in [1.165, 1.54) is 125 Å². The number of aliphatic carboxylic acids is 2. The number of quaternary nitrogens is 2. The fourth-order valence-corrected chi connectivity index (χ4v) is 4.96. The lowest BCUT2D eigenvalue weighted by Crippen LogP contribution is -2.52. The third kappa shape index (κ3) is 22.4. The lowest BCUT2D eigenvalue weighted by Gasteiger charge is -2.37. The van der Waals surface area contributed by atoms with Gasteiger partial charge in [0, 0.05) is 6.42 Å². The number of hydrogen-bond acceptors (Lipinski definition) is 5. The third-order valence-electron chi connectivity index (χ3n) is 8.19. The highest BCUT2D eigenvalue weighted by molar-refractivity contribution is 5.74. The average molecular weight is 576 g/mol. The number of nitrogens with zero attached hydrogens (tertiary/aromatic N) is 2. The van der Waals surface area contributed by atoms with Crippen molar-refractivity contribution in [2.24, 2.45) is 5.73 Å². The number of hydrogen-bond donors (Lipinski definition) is 3. The summed E-state index contributed by atoms with van der Waals surface area (Å²) in [4.78, 5) is 19.9. The number of carboxylic acid groups (broad SMARTS) is 2. The average Bonchev–Trinajstić information content (AvgIpc) is 2.92. The summed E-state index contributed by atoms with van der Waals surface area (Å²) in [5.41, 5.74) is 5.00. The Hall–Kier alpha value is -1.26.